The standard InChI is InChI=1S/C16H14Cl2O2S/c1-10-3-4-11(2)13(7-10)16(19)9-21(20)12-5-6-14(17)15(18)8-12/h3-8H,9H2,1-2H3. The van der Waals surface area contributed by atoms with Crippen LogP contribution in [0.15, 0.2) is 41.3 Å². The van der Waals surface area contributed by atoms with Gasteiger partial charge in [0.05, 0.1) is 26.6 Å². The molecule has 0 saturated heterocycles. The van der Waals surface area contributed by atoms with Crippen molar-refractivity contribution < 1.29 is 9.00 Å². The lowest BCUT2D eigenvalue weighted by molar-refractivity contribution is 0.102. The number of carbonyl (C=O) groups excluding carboxylic acids is 1. The van der Waals surface area contributed by atoms with Crippen LogP contribution in [0.2, 0.25) is 10.0 Å². The van der Waals surface area contributed by atoms with Crippen molar-refractivity contribution in [3.63, 3.8) is 0 Å². The molecule has 21 heavy (non-hydrogen) atoms. The Morgan fingerprint density at radius 1 is 1.05 bits per heavy atom. The third-order valence-corrected chi connectivity index (χ3v) is 5.15. The smallest absolute Gasteiger partial charge is 0.175 e. The summed E-state index contributed by atoms with van der Waals surface area (Å²) in [5, 5.41) is 0.736. The molecule has 0 bridgehead atoms. The van der Waals surface area contributed by atoms with Gasteiger partial charge in [-0.25, -0.2) is 0 Å². The number of hydrogen-bond donors (Lipinski definition) is 0. The summed E-state index contributed by atoms with van der Waals surface area (Å²) in [4.78, 5) is 12.8. The van der Waals surface area contributed by atoms with Gasteiger partial charge in [-0.1, -0.05) is 40.9 Å². The van der Waals surface area contributed by atoms with Gasteiger partial charge in [-0.3, -0.25) is 9.00 Å². The van der Waals surface area contributed by atoms with E-state index in [4.69, 9.17) is 23.2 Å². The second kappa shape index (κ2) is 6.73. The minimum atomic E-state index is -1.44. The Morgan fingerprint density at radius 2 is 1.76 bits per heavy atom. The highest BCUT2D eigenvalue weighted by atomic mass is 35.5. The van der Waals surface area contributed by atoms with E-state index in [0.717, 1.165) is 11.1 Å². The molecule has 2 nitrogen and oxygen atoms in total. The van der Waals surface area contributed by atoms with Crippen molar-refractivity contribution in [1.29, 1.82) is 0 Å². The lowest BCUT2D eigenvalue weighted by Gasteiger charge is -2.07. The minimum absolute atomic E-state index is 0.0672. The third kappa shape index (κ3) is 3.94. The zero-order valence-corrected chi connectivity index (χ0v) is 14.0. The van der Waals surface area contributed by atoms with Gasteiger partial charge in [-0.05, 0) is 43.7 Å². The van der Waals surface area contributed by atoms with Crippen LogP contribution >= 0.6 is 23.2 Å². The van der Waals surface area contributed by atoms with Gasteiger partial charge in [0.1, 0.15) is 0 Å². The monoisotopic (exact) mass is 340 g/mol. The molecule has 0 spiro atoms. The molecule has 0 aromatic heterocycles. The van der Waals surface area contributed by atoms with E-state index in [1.807, 2.05) is 32.0 Å². The highest BCUT2D eigenvalue weighted by molar-refractivity contribution is 7.85. The number of aryl methyl sites for hydroxylation is 2. The highest BCUT2D eigenvalue weighted by Gasteiger charge is 2.15. The van der Waals surface area contributed by atoms with Gasteiger partial charge in [0.15, 0.2) is 5.78 Å². The summed E-state index contributed by atoms with van der Waals surface area (Å²) in [5.41, 5.74) is 2.50. The predicted molar refractivity (Wildman–Crippen MR) is 88.0 cm³/mol. The average molecular weight is 341 g/mol. The lowest BCUT2D eigenvalue weighted by atomic mass is 10.0. The van der Waals surface area contributed by atoms with E-state index in [-0.39, 0.29) is 11.5 Å². The summed E-state index contributed by atoms with van der Waals surface area (Å²) < 4.78 is 12.3. The summed E-state index contributed by atoms with van der Waals surface area (Å²) in [7, 11) is -1.44. The molecule has 2 aromatic carbocycles. The third-order valence-electron chi connectivity index (χ3n) is 3.11. The molecule has 0 amide bonds. The molecule has 0 radical (unpaired) electrons. The average Bonchev–Trinajstić information content (AvgIpc) is 2.44. The number of Topliss-reactive ketones (excluding diaryl/α,β-unsaturated/α-hetero) is 1. The minimum Gasteiger partial charge on any atom is -0.293 e. The fraction of sp³-hybridized carbons (Fsp3) is 0.188. The number of ketones is 1. The molecular weight excluding hydrogens is 327 g/mol. The quantitative estimate of drug-likeness (QED) is 0.762. The molecule has 5 heteroatoms. The van der Waals surface area contributed by atoms with Crippen LogP contribution in [-0.2, 0) is 10.8 Å². The van der Waals surface area contributed by atoms with E-state index in [2.05, 4.69) is 0 Å². The van der Waals surface area contributed by atoms with Crippen molar-refractivity contribution in [3.8, 4) is 0 Å². The van der Waals surface area contributed by atoms with E-state index in [1.54, 1.807) is 12.1 Å². The van der Waals surface area contributed by atoms with E-state index in [0.29, 0.717) is 20.5 Å². The number of halogens is 2. The van der Waals surface area contributed by atoms with Crippen LogP contribution in [0.4, 0.5) is 0 Å². The van der Waals surface area contributed by atoms with Gasteiger partial charge < -0.3 is 0 Å². The van der Waals surface area contributed by atoms with Gasteiger partial charge in [0, 0.05) is 10.5 Å². The Bertz CT molecular complexity index is 726. The zero-order valence-electron chi connectivity index (χ0n) is 11.7. The topological polar surface area (TPSA) is 34.1 Å². The molecule has 0 fully saturated rings. The molecule has 2 aromatic rings. The lowest BCUT2D eigenvalue weighted by Crippen LogP contribution is -2.12. The molecular formula is C16H14Cl2O2S. The number of benzene rings is 2. The molecule has 0 aliphatic carbocycles. The molecule has 1 atom stereocenters. The van der Waals surface area contributed by atoms with Gasteiger partial charge >= 0.3 is 0 Å². The molecule has 1 unspecified atom stereocenters. The van der Waals surface area contributed by atoms with Crippen LogP contribution in [0.5, 0.6) is 0 Å². The van der Waals surface area contributed by atoms with Crippen LogP contribution in [-0.4, -0.2) is 15.7 Å². The van der Waals surface area contributed by atoms with Gasteiger partial charge in [0.25, 0.3) is 0 Å². The van der Waals surface area contributed by atoms with Crippen LogP contribution in [0.1, 0.15) is 21.5 Å². The first-order chi connectivity index (χ1) is 9.88. The van der Waals surface area contributed by atoms with E-state index >= 15 is 0 Å². The fourth-order valence-corrected chi connectivity index (χ4v) is 3.33. The SMILES string of the molecule is Cc1ccc(C)c(C(=O)CS(=O)c2ccc(Cl)c(Cl)c2)c1. The van der Waals surface area contributed by atoms with E-state index in [1.165, 1.54) is 6.07 Å². The molecule has 0 saturated carbocycles. The first-order valence-electron chi connectivity index (χ1n) is 6.32. The second-order valence-electron chi connectivity index (χ2n) is 4.81. The van der Waals surface area contributed by atoms with Gasteiger partial charge in [0.2, 0.25) is 0 Å². The number of rotatable bonds is 4. The Morgan fingerprint density at radius 3 is 2.43 bits per heavy atom. The maximum atomic E-state index is 12.3. The Labute approximate surface area is 136 Å². The van der Waals surface area contributed by atoms with Crippen molar-refractivity contribution in [2.75, 3.05) is 5.75 Å². The molecule has 0 heterocycles. The Kier molecular flexibility index (Phi) is 5.20. The normalized spacial score (nSPS) is 12.2. The van der Waals surface area contributed by atoms with Crippen molar-refractivity contribution in [2.24, 2.45) is 0 Å². The van der Waals surface area contributed by atoms with Crippen molar-refractivity contribution in [1.82, 2.24) is 0 Å². The molecule has 0 N–H and O–H groups in total. The van der Waals surface area contributed by atoms with Crippen LogP contribution in [0, 0.1) is 13.8 Å². The summed E-state index contributed by atoms with van der Waals surface area (Å²) >= 11 is 11.7. The maximum Gasteiger partial charge on any atom is 0.175 e. The predicted octanol–water partition coefficient (Wildman–Crippen LogP) is 4.60. The summed E-state index contributed by atoms with van der Waals surface area (Å²) in [6, 6.07) is 10.4. The van der Waals surface area contributed by atoms with Gasteiger partial charge in [-0.15, -0.1) is 0 Å². The number of carbonyl (C=O) groups is 1. The zero-order chi connectivity index (χ0) is 15.6. The maximum absolute atomic E-state index is 12.3. The number of hydrogen-bond acceptors (Lipinski definition) is 2. The first kappa shape index (κ1) is 16.2. The van der Waals surface area contributed by atoms with Crippen molar-refractivity contribution in [3.05, 3.63) is 63.1 Å². The fourth-order valence-electron chi connectivity index (χ4n) is 1.93. The summed E-state index contributed by atoms with van der Waals surface area (Å²) in [6.07, 6.45) is 0. The van der Waals surface area contributed by atoms with E-state index in [9.17, 15) is 9.00 Å². The Hall–Kier alpha value is -1.16. The summed E-state index contributed by atoms with van der Waals surface area (Å²) in [5.74, 6) is -0.206. The largest absolute Gasteiger partial charge is 0.293 e. The van der Waals surface area contributed by atoms with Crippen molar-refractivity contribution >= 4 is 39.8 Å². The highest BCUT2D eigenvalue weighted by Crippen LogP contribution is 2.24. The van der Waals surface area contributed by atoms with E-state index < -0.39 is 10.8 Å². The van der Waals surface area contributed by atoms with Gasteiger partial charge in [-0.2, -0.15) is 0 Å². The van der Waals surface area contributed by atoms with Crippen LogP contribution in [0.3, 0.4) is 0 Å². The first-order valence-corrected chi connectivity index (χ1v) is 8.40. The molecule has 0 aliphatic heterocycles. The molecule has 0 aliphatic rings. The second-order valence-corrected chi connectivity index (χ2v) is 7.07. The van der Waals surface area contributed by atoms with Crippen LogP contribution in [0.25, 0.3) is 0 Å². The Balaban J connectivity index is 2.20. The van der Waals surface area contributed by atoms with Crippen LogP contribution < -0.4 is 0 Å². The molecule has 2 rings (SSSR count). The summed E-state index contributed by atoms with van der Waals surface area (Å²) in [6.45, 7) is 3.79. The van der Waals surface area contributed by atoms with Crippen molar-refractivity contribution in [2.45, 2.75) is 18.7 Å². The molecule has 110 valence electrons.